The molecule has 7 rings (SSSR count). The summed E-state index contributed by atoms with van der Waals surface area (Å²) in [6.07, 6.45) is 6.60. The van der Waals surface area contributed by atoms with Crippen molar-refractivity contribution in [3.05, 3.63) is 60.8 Å². The number of rotatable bonds is 5. The minimum Gasteiger partial charge on any atom is -0.457 e. The SMILES string of the molecule is Cc1cc(Nc2ncnc3cnc(N4C[C@H]5C[C@@H]4C[C@@H]5O)nc23)ccc1Oc1ccc2c(c1)ncn2C. The van der Waals surface area contributed by atoms with Crippen LogP contribution in [0.5, 0.6) is 11.5 Å². The van der Waals surface area contributed by atoms with Gasteiger partial charge in [0.1, 0.15) is 28.9 Å². The van der Waals surface area contributed by atoms with Crippen molar-refractivity contribution in [1.29, 1.82) is 0 Å². The number of aromatic nitrogens is 6. The van der Waals surface area contributed by atoms with Crippen molar-refractivity contribution in [2.24, 2.45) is 13.0 Å². The average Bonchev–Trinajstić information content (AvgIpc) is 3.59. The Labute approximate surface area is 213 Å². The van der Waals surface area contributed by atoms with Crippen LogP contribution in [0.1, 0.15) is 18.4 Å². The highest BCUT2D eigenvalue weighted by Gasteiger charge is 2.44. The smallest absolute Gasteiger partial charge is 0.226 e. The summed E-state index contributed by atoms with van der Waals surface area (Å²) in [4.78, 5) is 24.8. The Hall–Kier alpha value is -4.31. The second-order valence-electron chi connectivity index (χ2n) is 9.94. The first kappa shape index (κ1) is 21.9. The lowest BCUT2D eigenvalue weighted by Crippen LogP contribution is -2.38. The molecule has 4 heterocycles. The minimum atomic E-state index is -0.213. The van der Waals surface area contributed by atoms with Gasteiger partial charge in [0.15, 0.2) is 5.82 Å². The number of hydrogen-bond donors (Lipinski definition) is 2. The number of ether oxygens (including phenoxy) is 1. The molecule has 1 saturated carbocycles. The molecule has 3 atom stereocenters. The van der Waals surface area contributed by atoms with Crippen LogP contribution < -0.4 is 15.0 Å². The van der Waals surface area contributed by atoms with E-state index in [1.165, 1.54) is 6.33 Å². The number of aliphatic hydroxyl groups excluding tert-OH is 1. The van der Waals surface area contributed by atoms with Crippen LogP contribution in [-0.4, -0.2) is 53.3 Å². The lowest BCUT2D eigenvalue weighted by molar-refractivity contribution is 0.126. The van der Waals surface area contributed by atoms with Crippen LogP contribution in [0.4, 0.5) is 17.5 Å². The molecule has 2 aromatic carbocycles. The van der Waals surface area contributed by atoms with Gasteiger partial charge < -0.3 is 24.6 Å². The van der Waals surface area contributed by atoms with Gasteiger partial charge in [0.2, 0.25) is 5.95 Å². The van der Waals surface area contributed by atoms with Crippen LogP contribution >= 0.6 is 0 Å². The molecule has 10 heteroatoms. The summed E-state index contributed by atoms with van der Waals surface area (Å²) >= 11 is 0. The van der Waals surface area contributed by atoms with E-state index in [0.717, 1.165) is 53.2 Å². The number of aryl methyl sites for hydroxylation is 2. The molecule has 0 radical (unpaired) electrons. The Balaban J connectivity index is 1.14. The Morgan fingerprint density at radius 3 is 2.76 bits per heavy atom. The largest absolute Gasteiger partial charge is 0.457 e. The molecule has 1 saturated heterocycles. The fraction of sp³-hybridized carbons (Fsp3) is 0.296. The van der Waals surface area contributed by atoms with Crippen molar-refractivity contribution < 1.29 is 9.84 Å². The maximum Gasteiger partial charge on any atom is 0.226 e. The monoisotopic (exact) mass is 494 g/mol. The van der Waals surface area contributed by atoms with Gasteiger partial charge in [-0.05, 0) is 55.7 Å². The molecule has 1 aliphatic heterocycles. The van der Waals surface area contributed by atoms with Crippen LogP contribution in [0.2, 0.25) is 0 Å². The number of piperidine rings is 1. The van der Waals surface area contributed by atoms with E-state index in [2.05, 4.69) is 30.2 Å². The van der Waals surface area contributed by atoms with Crippen molar-refractivity contribution >= 4 is 39.5 Å². The first-order chi connectivity index (χ1) is 18.0. The van der Waals surface area contributed by atoms with Crippen LogP contribution in [-0.2, 0) is 7.05 Å². The van der Waals surface area contributed by atoms with Crippen LogP contribution in [0.3, 0.4) is 0 Å². The molecule has 0 amide bonds. The molecule has 0 spiro atoms. The average molecular weight is 495 g/mol. The summed E-state index contributed by atoms with van der Waals surface area (Å²) in [5, 5.41) is 13.5. The van der Waals surface area contributed by atoms with E-state index in [1.807, 2.05) is 54.9 Å². The standard InChI is InChI=1S/C27H26N8O2/c1-15-7-17(3-6-24(15)37-19-4-5-22-20(10-19)31-14-34(22)2)32-26-25-21(29-13-30-26)11-28-27(33-25)35-12-16-8-18(35)9-23(16)36/h3-7,10-11,13-14,16,18,23,36H,8-9,12H2,1-2H3,(H,29,30,32)/t16-,18-,23+/m1/s1. The summed E-state index contributed by atoms with van der Waals surface area (Å²) in [6, 6.07) is 12.1. The number of imidazole rings is 1. The number of nitrogens with zero attached hydrogens (tertiary/aromatic N) is 7. The Bertz CT molecular complexity index is 1650. The van der Waals surface area contributed by atoms with Crippen molar-refractivity contribution in [3.63, 3.8) is 0 Å². The number of benzene rings is 2. The van der Waals surface area contributed by atoms with E-state index in [1.54, 1.807) is 12.5 Å². The Kier molecular flexibility index (Phi) is 4.97. The number of hydrogen-bond acceptors (Lipinski definition) is 9. The zero-order valence-electron chi connectivity index (χ0n) is 20.5. The normalized spacial score (nSPS) is 20.7. The number of fused-ring (bicyclic) bond motifs is 4. The summed E-state index contributed by atoms with van der Waals surface area (Å²) in [6.45, 7) is 2.79. The van der Waals surface area contributed by atoms with Gasteiger partial charge in [-0.1, -0.05) is 0 Å². The van der Waals surface area contributed by atoms with E-state index in [9.17, 15) is 5.11 Å². The number of nitrogens with one attached hydrogen (secondary N) is 1. The molecule has 186 valence electrons. The molecule has 2 fully saturated rings. The number of aliphatic hydroxyl groups is 1. The molecule has 2 bridgehead atoms. The van der Waals surface area contributed by atoms with Crippen LogP contribution in [0.15, 0.2) is 55.2 Å². The third-order valence-electron chi connectivity index (χ3n) is 7.49. The van der Waals surface area contributed by atoms with E-state index in [0.29, 0.717) is 28.7 Å². The lowest BCUT2D eigenvalue weighted by atomic mass is 10.1. The van der Waals surface area contributed by atoms with Gasteiger partial charge in [-0.25, -0.2) is 24.9 Å². The van der Waals surface area contributed by atoms with E-state index < -0.39 is 0 Å². The van der Waals surface area contributed by atoms with Gasteiger partial charge in [0, 0.05) is 37.3 Å². The molecule has 37 heavy (non-hydrogen) atoms. The van der Waals surface area contributed by atoms with E-state index >= 15 is 0 Å². The zero-order chi connectivity index (χ0) is 25.1. The van der Waals surface area contributed by atoms with Gasteiger partial charge in [-0.3, -0.25) is 0 Å². The highest BCUT2D eigenvalue weighted by Crippen LogP contribution is 2.39. The second kappa shape index (κ2) is 8.38. The lowest BCUT2D eigenvalue weighted by Gasteiger charge is -2.29. The second-order valence-corrected chi connectivity index (χ2v) is 9.94. The van der Waals surface area contributed by atoms with Gasteiger partial charge >= 0.3 is 0 Å². The highest BCUT2D eigenvalue weighted by molar-refractivity contribution is 5.87. The third kappa shape index (κ3) is 3.80. The summed E-state index contributed by atoms with van der Waals surface area (Å²) in [5.41, 5.74) is 5.14. The molecule has 1 aliphatic carbocycles. The van der Waals surface area contributed by atoms with Gasteiger partial charge in [0.05, 0.1) is 29.7 Å². The van der Waals surface area contributed by atoms with Crippen molar-refractivity contribution in [2.75, 3.05) is 16.8 Å². The van der Waals surface area contributed by atoms with Crippen molar-refractivity contribution in [1.82, 2.24) is 29.5 Å². The third-order valence-corrected chi connectivity index (χ3v) is 7.49. The van der Waals surface area contributed by atoms with E-state index in [4.69, 9.17) is 9.72 Å². The molecule has 2 aliphatic rings. The molecular weight excluding hydrogens is 468 g/mol. The minimum absolute atomic E-state index is 0.213. The first-order valence-electron chi connectivity index (χ1n) is 12.4. The van der Waals surface area contributed by atoms with Crippen molar-refractivity contribution in [3.8, 4) is 11.5 Å². The number of anilines is 3. The first-order valence-corrected chi connectivity index (χ1v) is 12.4. The highest BCUT2D eigenvalue weighted by atomic mass is 16.5. The van der Waals surface area contributed by atoms with Gasteiger partial charge in [-0.2, -0.15) is 0 Å². The fourth-order valence-corrected chi connectivity index (χ4v) is 5.53. The molecule has 10 nitrogen and oxygen atoms in total. The van der Waals surface area contributed by atoms with Crippen LogP contribution in [0, 0.1) is 12.8 Å². The molecule has 5 aromatic rings. The molecule has 0 unspecified atom stereocenters. The van der Waals surface area contributed by atoms with E-state index in [-0.39, 0.29) is 12.1 Å². The Morgan fingerprint density at radius 1 is 1.03 bits per heavy atom. The maximum atomic E-state index is 10.1. The zero-order valence-corrected chi connectivity index (χ0v) is 20.5. The molecule has 2 N–H and O–H groups in total. The van der Waals surface area contributed by atoms with Crippen LogP contribution in [0.25, 0.3) is 22.1 Å². The molecular formula is C27H26N8O2. The van der Waals surface area contributed by atoms with Gasteiger partial charge in [-0.15, -0.1) is 0 Å². The maximum absolute atomic E-state index is 10.1. The Morgan fingerprint density at radius 2 is 1.95 bits per heavy atom. The summed E-state index contributed by atoms with van der Waals surface area (Å²) in [5.74, 6) is 3.08. The summed E-state index contributed by atoms with van der Waals surface area (Å²) in [7, 11) is 1.97. The quantitative estimate of drug-likeness (QED) is 0.372. The summed E-state index contributed by atoms with van der Waals surface area (Å²) < 4.78 is 8.14. The topological polar surface area (TPSA) is 114 Å². The predicted molar refractivity (Wildman–Crippen MR) is 140 cm³/mol. The predicted octanol–water partition coefficient (Wildman–Crippen LogP) is 4.11. The molecule has 3 aromatic heterocycles. The van der Waals surface area contributed by atoms with Crippen molar-refractivity contribution in [2.45, 2.75) is 31.9 Å². The van der Waals surface area contributed by atoms with Gasteiger partial charge in [0.25, 0.3) is 0 Å². The fourth-order valence-electron chi connectivity index (χ4n) is 5.53.